The van der Waals surface area contributed by atoms with Crippen molar-refractivity contribution in [2.75, 3.05) is 6.61 Å². The first kappa shape index (κ1) is 20.1. The maximum Gasteiger partial charge on any atom is 0.343 e. The van der Waals surface area contributed by atoms with Crippen molar-refractivity contribution in [3.8, 4) is 11.5 Å². The highest BCUT2D eigenvalue weighted by Gasteiger charge is 2.07. The molecular formula is C22H17ClN2O4. The standard InChI is InChI=1S/C22H17ClN2O4/c23-18-8-12-19(13-9-18)28-15-21(26)25-24-14-16-6-10-20(11-7-16)29-22(27)17-4-2-1-3-5-17/h1-14H,15H2,(H,25,26). The number of carbonyl (C=O) groups excluding carboxylic acids is 2. The SMILES string of the molecule is O=C(COc1ccc(Cl)cc1)NN=Cc1ccc(OC(=O)c2ccccc2)cc1. The third-order valence-corrected chi connectivity index (χ3v) is 3.94. The number of esters is 1. The lowest BCUT2D eigenvalue weighted by atomic mass is 10.2. The number of hydrogen-bond acceptors (Lipinski definition) is 5. The maximum absolute atomic E-state index is 12.0. The second-order valence-electron chi connectivity index (χ2n) is 5.86. The molecule has 3 rings (SSSR count). The van der Waals surface area contributed by atoms with E-state index in [0.29, 0.717) is 22.1 Å². The van der Waals surface area contributed by atoms with Crippen molar-refractivity contribution in [1.29, 1.82) is 0 Å². The molecule has 0 heterocycles. The molecule has 0 radical (unpaired) electrons. The molecule has 7 heteroatoms. The van der Waals surface area contributed by atoms with Crippen molar-refractivity contribution in [3.63, 3.8) is 0 Å². The predicted octanol–water partition coefficient (Wildman–Crippen LogP) is 4.09. The number of halogens is 1. The fourth-order valence-electron chi connectivity index (χ4n) is 2.25. The van der Waals surface area contributed by atoms with Crippen LogP contribution in [0.1, 0.15) is 15.9 Å². The van der Waals surface area contributed by atoms with Gasteiger partial charge in [0.1, 0.15) is 11.5 Å². The van der Waals surface area contributed by atoms with Crippen LogP contribution in [0.15, 0.2) is 84.0 Å². The number of nitrogens with zero attached hydrogens (tertiary/aromatic N) is 1. The summed E-state index contributed by atoms with van der Waals surface area (Å²) in [6.45, 7) is -0.173. The molecule has 0 fully saturated rings. The molecule has 3 aromatic carbocycles. The summed E-state index contributed by atoms with van der Waals surface area (Å²) >= 11 is 5.79. The molecule has 3 aromatic rings. The summed E-state index contributed by atoms with van der Waals surface area (Å²) in [5, 5.41) is 4.46. The lowest BCUT2D eigenvalue weighted by Crippen LogP contribution is -2.24. The van der Waals surface area contributed by atoms with Gasteiger partial charge in [-0.3, -0.25) is 4.79 Å². The van der Waals surface area contributed by atoms with E-state index in [-0.39, 0.29) is 6.61 Å². The summed E-state index contributed by atoms with van der Waals surface area (Å²) < 4.78 is 10.6. The lowest BCUT2D eigenvalue weighted by molar-refractivity contribution is -0.123. The van der Waals surface area contributed by atoms with Gasteiger partial charge in [0, 0.05) is 5.02 Å². The maximum atomic E-state index is 12.0. The topological polar surface area (TPSA) is 77.0 Å². The number of amides is 1. The van der Waals surface area contributed by atoms with Crippen LogP contribution in [0.2, 0.25) is 5.02 Å². The first-order valence-corrected chi connectivity index (χ1v) is 9.05. The summed E-state index contributed by atoms with van der Waals surface area (Å²) in [6.07, 6.45) is 1.48. The van der Waals surface area contributed by atoms with Crippen molar-refractivity contribution in [2.24, 2.45) is 5.10 Å². The third kappa shape index (κ3) is 6.48. The minimum Gasteiger partial charge on any atom is -0.484 e. The van der Waals surface area contributed by atoms with Gasteiger partial charge in [-0.15, -0.1) is 0 Å². The molecule has 0 aliphatic heterocycles. The Morgan fingerprint density at radius 1 is 0.897 bits per heavy atom. The molecule has 0 unspecified atom stereocenters. The van der Waals surface area contributed by atoms with Crippen LogP contribution < -0.4 is 14.9 Å². The lowest BCUT2D eigenvalue weighted by Gasteiger charge is -2.05. The molecule has 0 aromatic heterocycles. The molecule has 1 N–H and O–H groups in total. The number of nitrogens with one attached hydrogen (secondary N) is 1. The summed E-state index contributed by atoms with van der Waals surface area (Å²) in [6, 6.07) is 22.1. The van der Waals surface area contributed by atoms with Gasteiger partial charge in [0.2, 0.25) is 0 Å². The van der Waals surface area contributed by atoms with Crippen LogP contribution >= 0.6 is 11.6 Å². The molecule has 6 nitrogen and oxygen atoms in total. The van der Waals surface area contributed by atoms with Crippen LogP contribution in [0, 0.1) is 0 Å². The zero-order valence-electron chi connectivity index (χ0n) is 15.2. The average Bonchev–Trinajstić information content (AvgIpc) is 2.75. The fraction of sp³-hybridized carbons (Fsp3) is 0.0455. The quantitative estimate of drug-likeness (QED) is 0.276. The Bertz CT molecular complexity index is 988. The van der Waals surface area contributed by atoms with Crippen molar-refractivity contribution in [2.45, 2.75) is 0 Å². The van der Waals surface area contributed by atoms with Crippen LogP contribution in [0.3, 0.4) is 0 Å². The minimum absolute atomic E-state index is 0.173. The number of carbonyl (C=O) groups is 2. The molecular weight excluding hydrogens is 392 g/mol. The van der Waals surface area contributed by atoms with E-state index in [9.17, 15) is 9.59 Å². The number of hydrazone groups is 1. The molecule has 0 spiro atoms. The van der Waals surface area contributed by atoms with Gasteiger partial charge in [-0.05, 0) is 66.2 Å². The van der Waals surface area contributed by atoms with Gasteiger partial charge in [0.25, 0.3) is 5.91 Å². The smallest absolute Gasteiger partial charge is 0.343 e. The van der Waals surface area contributed by atoms with E-state index in [4.69, 9.17) is 21.1 Å². The molecule has 146 valence electrons. The number of ether oxygens (including phenoxy) is 2. The summed E-state index contributed by atoms with van der Waals surface area (Å²) in [5.74, 6) is 0.121. The Labute approximate surface area is 172 Å². The van der Waals surface area contributed by atoms with E-state index in [1.54, 1.807) is 72.8 Å². The van der Waals surface area contributed by atoms with Gasteiger partial charge in [-0.1, -0.05) is 29.8 Å². The molecule has 1 amide bonds. The van der Waals surface area contributed by atoms with E-state index in [0.717, 1.165) is 5.56 Å². The molecule has 0 aliphatic carbocycles. The van der Waals surface area contributed by atoms with Gasteiger partial charge in [0.05, 0.1) is 11.8 Å². The Kier molecular flexibility index (Phi) is 6.97. The van der Waals surface area contributed by atoms with E-state index in [2.05, 4.69) is 10.5 Å². The zero-order chi connectivity index (χ0) is 20.5. The van der Waals surface area contributed by atoms with E-state index in [1.165, 1.54) is 6.21 Å². The van der Waals surface area contributed by atoms with Crippen molar-refractivity contribution < 1.29 is 19.1 Å². The highest BCUT2D eigenvalue weighted by molar-refractivity contribution is 6.30. The van der Waals surface area contributed by atoms with Gasteiger partial charge in [0.15, 0.2) is 6.61 Å². The van der Waals surface area contributed by atoms with Crippen molar-refractivity contribution in [3.05, 3.63) is 95.0 Å². The molecule has 29 heavy (non-hydrogen) atoms. The molecule has 0 bridgehead atoms. The van der Waals surface area contributed by atoms with E-state index >= 15 is 0 Å². The van der Waals surface area contributed by atoms with Gasteiger partial charge in [-0.25, -0.2) is 10.2 Å². The monoisotopic (exact) mass is 408 g/mol. The highest BCUT2D eigenvalue weighted by atomic mass is 35.5. The third-order valence-electron chi connectivity index (χ3n) is 3.69. The van der Waals surface area contributed by atoms with Crippen LogP contribution in [0.25, 0.3) is 0 Å². The van der Waals surface area contributed by atoms with Crippen molar-refractivity contribution >= 4 is 29.7 Å². The molecule has 0 aliphatic rings. The van der Waals surface area contributed by atoms with Crippen LogP contribution in [0.4, 0.5) is 0 Å². The van der Waals surface area contributed by atoms with E-state index < -0.39 is 11.9 Å². The normalized spacial score (nSPS) is 10.5. The molecule has 0 saturated heterocycles. The second-order valence-corrected chi connectivity index (χ2v) is 6.30. The fourth-order valence-corrected chi connectivity index (χ4v) is 2.38. The first-order valence-electron chi connectivity index (χ1n) is 8.68. The summed E-state index contributed by atoms with van der Waals surface area (Å²) in [4.78, 5) is 23.8. The van der Waals surface area contributed by atoms with Gasteiger partial charge < -0.3 is 9.47 Å². The van der Waals surface area contributed by atoms with Crippen molar-refractivity contribution in [1.82, 2.24) is 5.43 Å². The summed E-state index contributed by atoms with van der Waals surface area (Å²) in [5.41, 5.74) is 3.57. The van der Waals surface area contributed by atoms with Gasteiger partial charge >= 0.3 is 5.97 Å². The van der Waals surface area contributed by atoms with Crippen LogP contribution in [0.5, 0.6) is 11.5 Å². The molecule has 0 atom stereocenters. The predicted molar refractivity (Wildman–Crippen MR) is 111 cm³/mol. The Morgan fingerprint density at radius 2 is 1.55 bits per heavy atom. The van der Waals surface area contributed by atoms with E-state index in [1.807, 2.05) is 6.07 Å². The Morgan fingerprint density at radius 3 is 2.24 bits per heavy atom. The molecule has 0 saturated carbocycles. The largest absolute Gasteiger partial charge is 0.484 e. The number of benzene rings is 3. The van der Waals surface area contributed by atoms with Crippen LogP contribution in [-0.4, -0.2) is 24.7 Å². The van der Waals surface area contributed by atoms with Gasteiger partial charge in [-0.2, -0.15) is 5.10 Å². The Balaban J connectivity index is 1.45. The number of hydrogen-bond donors (Lipinski definition) is 1. The number of rotatable bonds is 7. The second kappa shape index (κ2) is 10.1. The Hall–Kier alpha value is -3.64. The average molecular weight is 409 g/mol. The minimum atomic E-state index is -0.431. The highest BCUT2D eigenvalue weighted by Crippen LogP contribution is 2.15. The summed E-state index contributed by atoms with van der Waals surface area (Å²) in [7, 11) is 0. The zero-order valence-corrected chi connectivity index (χ0v) is 16.0. The van der Waals surface area contributed by atoms with Crippen LogP contribution in [-0.2, 0) is 4.79 Å². The first-order chi connectivity index (χ1) is 14.1.